The van der Waals surface area contributed by atoms with E-state index in [4.69, 9.17) is 5.73 Å². The van der Waals surface area contributed by atoms with Crippen molar-refractivity contribution in [2.24, 2.45) is 5.73 Å². The maximum atomic E-state index is 12.6. The van der Waals surface area contributed by atoms with E-state index < -0.39 is 23.3 Å². The molecule has 1 aromatic rings. The van der Waals surface area contributed by atoms with Crippen molar-refractivity contribution in [2.75, 3.05) is 0 Å². The molecule has 3 N–H and O–H groups in total. The molecule has 0 radical (unpaired) electrons. The smallest absolute Gasteiger partial charge is 0.368 e. The Balaban J connectivity index is 1.76. The number of carbonyl (C=O) groups excluding carboxylic acids is 1. The van der Waals surface area contributed by atoms with E-state index in [0.717, 1.165) is 18.9 Å². The third-order valence-corrected chi connectivity index (χ3v) is 4.29. The SMILES string of the molecule is NC(=O)C1(NC2CC2)CCC(n2ccc(C(F)(F)F)n2)C1. The Morgan fingerprint density at radius 2 is 2.14 bits per heavy atom. The fourth-order valence-corrected chi connectivity index (χ4v) is 2.98. The number of aromatic nitrogens is 2. The van der Waals surface area contributed by atoms with Crippen molar-refractivity contribution in [1.82, 2.24) is 15.1 Å². The van der Waals surface area contributed by atoms with E-state index in [1.54, 1.807) is 0 Å². The van der Waals surface area contributed by atoms with E-state index >= 15 is 0 Å². The molecule has 2 fully saturated rings. The van der Waals surface area contributed by atoms with E-state index in [2.05, 4.69) is 10.4 Å². The highest BCUT2D eigenvalue weighted by Gasteiger charge is 2.47. The summed E-state index contributed by atoms with van der Waals surface area (Å²) in [5.41, 5.74) is 3.79. The van der Waals surface area contributed by atoms with Crippen molar-refractivity contribution >= 4 is 5.91 Å². The number of nitrogens with two attached hydrogens (primary N) is 1. The molecular formula is C13H17F3N4O. The average Bonchev–Trinajstić information content (AvgIpc) is 2.91. The van der Waals surface area contributed by atoms with E-state index in [1.807, 2.05) is 0 Å². The highest BCUT2D eigenvalue weighted by Crippen LogP contribution is 2.40. The van der Waals surface area contributed by atoms with E-state index in [9.17, 15) is 18.0 Å². The first-order chi connectivity index (χ1) is 9.80. The average molecular weight is 302 g/mol. The molecule has 0 aliphatic heterocycles. The Bertz CT molecular complexity index is 552. The van der Waals surface area contributed by atoms with Crippen molar-refractivity contribution in [3.05, 3.63) is 18.0 Å². The Hall–Kier alpha value is -1.57. The standard InChI is InChI=1S/C13H17F3N4O/c14-13(15,16)10-4-6-20(19-10)9-3-5-12(7-9,11(17)21)18-8-1-2-8/h4,6,8-9,18H,1-3,5,7H2,(H2,17,21). The summed E-state index contributed by atoms with van der Waals surface area (Å²) >= 11 is 0. The predicted molar refractivity (Wildman–Crippen MR) is 68.2 cm³/mol. The molecule has 0 aromatic carbocycles. The maximum absolute atomic E-state index is 12.6. The summed E-state index contributed by atoms with van der Waals surface area (Å²) in [6, 6.07) is 1.03. The third-order valence-electron chi connectivity index (χ3n) is 4.29. The molecule has 116 valence electrons. The van der Waals surface area contributed by atoms with Gasteiger partial charge in [-0.3, -0.25) is 9.48 Å². The van der Waals surface area contributed by atoms with Crippen LogP contribution in [-0.4, -0.2) is 27.3 Å². The Labute approximate surface area is 119 Å². The molecule has 2 saturated carbocycles. The van der Waals surface area contributed by atoms with Crippen LogP contribution in [0, 0.1) is 0 Å². The number of nitrogens with one attached hydrogen (secondary N) is 1. The summed E-state index contributed by atoms with van der Waals surface area (Å²) in [6.45, 7) is 0. The lowest BCUT2D eigenvalue weighted by Gasteiger charge is -2.27. The van der Waals surface area contributed by atoms with Crippen LogP contribution in [0.25, 0.3) is 0 Å². The zero-order valence-electron chi connectivity index (χ0n) is 11.4. The quantitative estimate of drug-likeness (QED) is 0.887. The number of nitrogens with zero attached hydrogens (tertiary/aromatic N) is 2. The van der Waals surface area contributed by atoms with E-state index in [1.165, 1.54) is 10.9 Å². The van der Waals surface area contributed by atoms with Gasteiger partial charge in [-0.2, -0.15) is 18.3 Å². The normalized spacial score (nSPS) is 29.8. The number of halogens is 3. The minimum Gasteiger partial charge on any atom is -0.368 e. The lowest BCUT2D eigenvalue weighted by atomic mass is 9.96. The van der Waals surface area contributed by atoms with Crippen LogP contribution < -0.4 is 11.1 Å². The van der Waals surface area contributed by atoms with Gasteiger partial charge >= 0.3 is 6.18 Å². The zero-order valence-corrected chi connectivity index (χ0v) is 11.4. The van der Waals surface area contributed by atoms with Gasteiger partial charge in [0, 0.05) is 12.2 Å². The molecule has 2 atom stereocenters. The van der Waals surface area contributed by atoms with E-state index in [0.29, 0.717) is 25.3 Å². The van der Waals surface area contributed by atoms with Gasteiger partial charge in [-0.1, -0.05) is 0 Å². The summed E-state index contributed by atoms with van der Waals surface area (Å²) in [6.07, 6.45) is 0.405. The number of rotatable bonds is 4. The molecule has 0 spiro atoms. The molecule has 2 aliphatic carbocycles. The molecule has 1 amide bonds. The molecule has 21 heavy (non-hydrogen) atoms. The van der Waals surface area contributed by atoms with Crippen LogP contribution in [0.15, 0.2) is 12.3 Å². The minimum absolute atomic E-state index is 0.236. The van der Waals surface area contributed by atoms with Crippen molar-refractivity contribution < 1.29 is 18.0 Å². The largest absolute Gasteiger partial charge is 0.435 e. The molecule has 2 aliphatic rings. The zero-order chi connectivity index (χ0) is 15.3. The second kappa shape index (κ2) is 4.72. The molecule has 0 saturated heterocycles. The second-order valence-electron chi connectivity index (χ2n) is 5.94. The molecule has 0 bridgehead atoms. The van der Waals surface area contributed by atoms with Gasteiger partial charge in [0.2, 0.25) is 5.91 Å². The summed E-state index contributed by atoms with van der Waals surface area (Å²) < 4.78 is 39.1. The highest BCUT2D eigenvalue weighted by atomic mass is 19.4. The molecule has 1 heterocycles. The predicted octanol–water partition coefficient (Wildman–Crippen LogP) is 1.60. The monoisotopic (exact) mass is 302 g/mol. The number of amides is 1. The van der Waals surface area contributed by atoms with Gasteiger partial charge in [-0.15, -0.1) is 0 Å². The van der Waals surface area contributed by atoms with Crippen LogP contribution in [0.1, 0.15) is 43.8 Å². The minimum atomic E-state index is -4.45. The molecule has 2 unspecified atom stereocenters. The maximum Gasteiger partial charge on any atom is 0.435 e. The summed E-state index contributed by atoms with van der Waals surface area (Å²) in [4.78, 5) is 11.8. The van der Waals surface area contributed by atoms with Gasteiger partial charge in [0.15, 0.2) is 5.69 Å². The lowest BCUT2D eigenvalue weighted by Crippen LogP contribution is -2.54. The fraction of sp³-hybridized carbons (Fsp3) is 0.692. The van der Waals surface area contributed by atoms with Crippen LogP contribution in [0.2, 0.25) is 0 Å². The van der Waals surface area contributed by atoms with Crippen molar-refractivity contribution in [2.45, 2.75) is 55.9 Å². The fourth-order valence-electron chi connectivity index (χ4n) is 2.98. The van der Waals surface area contributed by atoms with Gasteiger partial charge in [-0.05, 0) is 38.2 Å². The number of hydrogen-bond acceptors (Lipinski definition) is 3. The van der Waals surface area contributed by atoms with Crippen LogP contribution in [0.5, 0.6) is 0 Å². The van der Waals surface area contributed by atoms with Crippen molar-refractivity contribution in [3.63, 3.8) is 0 Å². The van der Waals surface area contributed by atoms with E-state index in [-0.39, 0.29) is 6.04 Å². The molecule has 5 nitrogen and oxygen atoms in total. The number of primary amides is 1. The Kier molecular flexibility index (Phi) is 3.23. The first kappa shape index (κ1) is 14.4. The molecule has 3 rings (SSSR count). The topological polar surface area (TPSA) is 72.9 Å². The van der Waals surface area contributed by atoms with Gasteiger partial charge in [0.25, 0.3) is 0 Å². The Morgan fingerprint density at radius 1 is 1.43 bits per heavy atom. The molecule has 1 aromatic heterocycles. The first-order valence-corrected chi connectivity index (χ1v) is 7.00. The van der Waals surface area contributed by atoms with Crippen molar-refractivity contribution in [3.8, 4) is 0 Å². The lowest BCUT2D eigenvalue weighted by molar-refractivity contribution is -0.141. The molecular weight excluding hydrogens is 285 g/mol. The number of hydrogen-bond donors (Lipinski definition) is 2. The summed E-state index contributed by atoms with van der Waals surface area (Å²) in [5.74, 6) is -0.430. The number of alkyl halides is 3. The van der Waals surface area contributed by atoms with Gasteiger partial charge in [0.05, 0.1) is 11.6 Å². The molecule has 8 heteroatoms. The van der Waals surface area contributed by atoms with Gasteiger partial charge in [0.1, 0.15) is 0 Å². The summed E-state index contributed by atoms with van der Waals surface area (Å²) in [5, 5.41) is 6.86. The van der Waals surface area contributed by atoms with Crippen LogP contribution in [0.3, 0.4) is 0 Å². The third kappa shape index (κ3) is 2.76. The van der Waals surface area contributed by atoms with Crippen LogP contribution >= 0.6 is 0 Å². The van der Waals surface area contributed by atoms with Gasteiger partial charge < -0.3 is 11.1 Å². The number of carbonyl (C=O) groups is 1. The summed E-state index contributed by atoms with van der Waals surface area (Å²) in [7, 11) is 0. The Morgan fingerprint density at radius 3 is 2.67 bits per heavy atom. The van der Waals surface area contributed by atoms with Crippen LogP contribution in [-0.2, 0) is 11.0 Å². The van der Waals surface area contributed by atoms with Crippen molar-refractivity contribution in [1.29, 1.82) is 0 Å². The first-order valence-electron chi connectivity index (χ1n) is 7.00. The van der Waals surface area contributed by atoms with Crippen LogP contribution in [0.4, 0.5) is 13.2 Å². The highest BCUT2D eigenvalue weighted by molar-refractivity contribution is 5.85. The van der Waals surface area contributed by atoms with Gasteiger partial charge in [-0.25, -0.2) is 0 Å². The second-order valence-corrected chi connectivity index (χ2v) is 5.94.